The standard InChI is InChI=1S/C16H32N2/c1-4-8-14-12-18(15-9-6-7-10-15)16(11-17-14)13(3)5-2/h13-17H,4-12H2,1-3H3. The summed E-state index contributed by atoms with van der Waals surface area (Å²) in [5.74, 6) is 0.834. The van der Waals surface area contributed by atoms with E-state index in [4.69, 9.17) is 0 Å². The summed E-state index contributed by atoms with van der Waals surface area (Å²) in [4.78, 5) is 2.89. The average molecular weight is 252 g/mol. The third-order valence-corrected chi connectivity index (χ3v) is 5.20. The molecular weight excluding hydrogens is 220 g/mol. The molecule has 1 aliphatic heterocycles. The molecule has 0 aromatic heterocycles. The highest BCUT2D eigenvalue weighted by Gasteiger charge is 2.35. The molecule has 2 heteroatoms. The van der Waals surface area contributed by atoms with Crippen molar-refractivity contribution >= 4 is 0 Å². The lowest BCUT2D eigenvalue weighted by Gasteiger charge is -2.46. The largest absolute Gasteiger partial charge is 0.311 e. The molecule has 18 heavy (non-hydrogen) atoms. The number of piperazine rings is 1. The predicted octanol–water partition coefficient (Wildman–Crippen LogP) is 3.42. The van der Waals surface area contributed by atoms with E-state index in [2.05, 4.69) is 31.0 Å². The Morgan fingerprint density at radius 2 is 1.94 bits per heavy atom. The van der Waals surface area contributed by atoms with Gasteiger partial charge in [-0.25, -0.2) is 0 Å². The zero-order valence-corrected chi connectivity index (χ0v) is 12.6. The fourth-order valence-electron chi connectivity index (χ4n) is 3.86. The summed E-state index contributed by atoms with van der Waals surface area (Å²) in [5, 5.41) is 3.80. The quantitative estimate of drug-likeness (QED) is 0.806. The van der Waals surface area contributed by atoms with Crippen LogP contribution < -0.4 is 5.32 Å². The third-order valence-electron chi connectivity index (χ3n) is 5.20. The summed E-state index contributed by atoms with van der Waals surface area (Å²) in [6, 6.07) is 2.42. The maximum atomic E-state index is 3.80. The molecule has 0 amide bonds. The monoisotopic (exact) mass is 252 g/mol. The molecule has 0 radical (unpaired) electrons. The van der Waals surface area contributed by atoms with Crippen LogP contribution >= 0.6 is 0 Å². The predicted molar refractivity (Wildman–Crippen MR) is 78.9 cm³/mol. The van der Waals surface area contributed by atoms with Gasteiger partial charge in [0, 0.05) is 31.2 Å². The molecule has 106 valence electrons. The first kappa shape index (κ1) is 14.3. The lowest BCUT2D eigenvalue weighted by Crippen LogP contribution is -2.60. The van der Waals surface area contributed by atoms with Gasteiger partial charge in [-0.3, -0.25) is 4.90 Å². The van der Waals surface area contributed by atoms with Crippen LogP contribution in [0.1, 0.15) is 65.7 Å². The first-order valence-electron chi connectivity index (χ1n) is 8.25. The SMILES string of the molecule is CCCC1CN(C2CCCC2)C(C(C)CC)CN1. The second-order valence-electron chi connectivity index (χ2n) is 6.48. The summed E-state index contributed by atoms with van der Waals surface area (Å²) < 4.78 is 0. The lowest BCUT2D eigenvalue weighted by molar-refractivity contribution is 0.0502. The van der Waals surface area contributed by atoms with E-state index in [-0.39, 0.29) is 0 Å². The van der Waals surface area contributed by atoms with E-state index in [1.54, 1.807) is 0 Å². The van der Waals surface area contributed by atoms with Gasteiger partial charge in [0.05, 0.1) is 0 Å². The minimum atomic E-state index is 0.746. The Labute approximate surface area is 114 Å². The molecule has 2 fully saturated rings. The molecule has 1 aliphatic carbocycles. The average Bonchev–Trinajstić information content (AvgIpc) is 2.92. The summed E-state index contributed by atoms with van der Waals surface area (Å²) in [6.07, 6.45) is 9.78. The van der Waals surface area contributed by atoms with Crippen molar-refractivity contribution in [3.63, 3.8) is 0 Å². The molecule has 2 nitrogen and oxygen atoms in total. The molecule has 2 aliphatic rings. The Hall–Kier alpha value is -0.0800. The topological polar surface area (TPSA) is 15.3 Å². The molecule has 0 aromatic carbocycles. The molecule has 1 N–H and O–H groups in total. The van der Waals surface area contributed by atoms with E-state index in [1.165, 1.54) is 58.0 Å². The fourth-order valence-corrected chi connectivity index (χ4v) is 3.86. The van der Waals surface area contributed by atoms with E-state index in [0.717, 1.165) is 24.0 Å². The number of rotatable bonds is 5. The highest BCUT2D eigenvalue weighted by Crippen LogP contribution is 2.30. The van der Waals surface area contributed by atoms with Gasteiger partial charge in [0.25, 0.3) is 0 Å². The third kappa shape index (κ3) is 3.27. The minimum Gasteiger partial charge on any atom is -0.311 e. The summed E-state index contributed by atoms with van der Waals surface area (Å²) >= 11 is 0. The van der Waals surface area contributed by atoms with Crippen LogP contribution in [0.25, 0.3) is 0 Å². The Kier molecular flexibility index (Phi) is 5.50. The lowest BCUT2D eigenvalue weighted by atomic mass is 9.92. The van der Waals surface area contributed by atoms with Gasteiger partial charge in [-0.1, -0.05) is 46.5 Å². The second kappa shape index (κ2) is 6.91. The maximum absolute atomic E-state index is 3.80. The molecule has 3 atom stereocenters. The highest BCUT2D eigenvalue weighted by molar-refractivity contribution is 4.93. The van der Waals surface area contributed by atoms with Crippen LogP contribution in [0.5, 0.6) is 0 Å². The molecule has 1 saturated heterocycles. The number of nitrogens with zero attached hydrogens (tertiary/aromatic N) is 1. The normalized spacial score (nSPS) is 32.8. The summed E-state index contributed by atoms with van der Waals surface area (Å²) in [6.45, 7) is 9.61. The molecular formula is C16H32N2. The van der Waals surface area contributed by atoms with Gasteiger partial charge in [0.1, 0.15) is 0 Å². The van der Waals surface area contributed by atoms with Crippen molar-refractivity contribution in [1.82, 2.24) is 10.2 Å². The van der Waals surface area contributed by atoms with Crippen LogP contribution in [0.15, 0.2) is 0 Å². The fraction of sp³-hybridized carbons (Fsp3) is 1.00. The zero-order valence-electron chi connectivity index (χ0n) is 12.6. The van der Waals surface area contributed by atoms with Crippen LogP contribution in [-0.2, 0) is 0 Å². The Morgan fingerprint density at radius 1 is 1.22 bits per heavy atom. The van der Waals surface area contributed by atoms with Crippen LogP contribution in [0.4, 0.5) is 0 Å². The van der Waals surface area contributed by atoms with Crippen molar-refractivity contribution in [3.8, 4) is 0 Å². The molecule has 1 heterocycles. The molecule has 0 spiro atoms. The van der Waals surface area contributed by atoms with Crippen LogP contribution in [0.2, 0.25) is 0 Å². The number of hydrogen-bond acceptors (Lipinski definition) is 2. The van der Waals surface area contributed by atoms with E-state index < -0.39 is 0 Å². The van der Waals surface area contributed by atoms with E-state index >= 15 is 0 Å². The molecule has 0 aromatic rings. The molecule has 0 bridgehead atoms. The van der Waals surface area contributed by atoms with Crippen molar-refractivity contribution in [2.75, 3.05) is 13.1 Å². The van der Waals surface area contributed by atoms with Crippen molar-refractivity contribution in [3.05, 3.63) is 0 Å². The molecule has 1 saturated carbocycles. The van der Waals surface area contributed by atoms with Gasteiger partial charge < -0.3 is 5.32 Å². The van der Waals surface area contributed by atoms with E-state index in [0.29, 0.717) is 0 Å². The smallest absolute Gasteiger partial charge is 0.0249 e. The van der Waals surface area contributed by atoms with Crippen molar-refractivity contribution in [2.24, 2.45) is 5.92 Å². The van der Waals surface area contributed by atoms with Gasteiger partial charge in [-0.05, 0) is 25.2 Å². The first-order chi connectivity index (χ1) is 8.76. The van der Waals surface area contributed by atoms with Crippen LogP contribution in [0, 0.1) is 5.92 Å². The second-order valence-corrected chi connectivity index (χ2v) is 6.48. The number of nitrogens with one attached hydrogen (secondary N) is 1. The van der Waals surface area contributed by atoms with Crippen LogP contribution in [0.3, 0.4) is 0 Å². The van der Waals surface area contributed by atoms with Gasteiger partial charge >= 0.3 is 0 Å². The van der Waals surface area contributed by atoms with Gasteiger partial charge in [-0.15, -0.1) is 0 Å². The maximum Gasteiger partial charge on any atom is 0.0249 e. The zero-order chi connectivity index (χ0) is 13.0. The minimum absolute atomic E-state index is 0.746. The summed E-state index contributed by atoms with van der Waals surface area (Å²) in [7, 11) is 0. The number of hydrogen-bond donors (Lipinski definition) is 1. The molecule has 3 unspecified atom stereocenters. The van der Waals surface area contributed by atoms with E-state index in [1.807, 2.05) is 0 Å². The Morgan fingerprint density at radius 3 is 2.56 bits per heavy atom. The Balaban J connectivity index is 2.00. The first-order valence-corrected chi connectivity index (χ1v) is 8.25. The van der Waals surface area contributed by atoms with Crippen molar-refractivity contribution in [1.29, 1.82) is 0 Å². The van der Waals surface area contributed by atoms with Crippen molar-refractivity contribution in [2.45, 2.75) is 83.8 Å². The van der Waals surface area contributed by atoms with Gasteiger partial charge in [0.15, 0.2) is 0 Å². The van der Waals surface area contributed by atoms with E-state index in [9.17, 15) is 0 Å². The Bertz CT molecular complexity index is 235. The van der Waals surface area contributed by atoms with Crippen molar-refractivity contribution < 1.29 is 0 Å². The van der Waals surface area contributed by atoms with Crippen LogP contribution in [-0.4, -0.2) is 36.1 Å². The summed E-state index contributed by atoms with van der Waals surface area (Å²) in [5.41, 5.74) is 0. The van der Waals surface area contributed by atoms with Gasteiger partial charge in [-0.2, -0.15) is 0 Å². The molecule has 2 rings (SSSR count). The van der Waals surface area contributed by atoms with Gasteiger partial charge in [0.2, 0.25) is 0 Å². The highest BCUT2D eigenvalue weighted by atomic mass is 15.3.